The lowest BCUT2D eigenvalue weighted by Gasteiger charge is -2.19. The molecule has 0 radical (unpaired) electrons. The van der Waals surface area contributed by atoms with Crippen molar-refractivity contribution in [3.8, 4) is 0 Å². The van der Waals surface area contributed by atoms with Crippen LogP contribution in [0.1, 0.15) is 13.3 Å². The van der Waals surface area contributed by atoms with Crippen LogP contribution in [0.25, 0.3) is 0 Å². The predicted molar refractivity (Wildman–Crippen MR) is 57.4 cm³/mol. The van der Waals surface area contributed by atoms with Gasteiger partial charge in [-0.3, -0.25) is 14.5 Å². The molecule has 2 heterocycles. The maximum Gasteiger partial charge on any atom is 0.335 e. The van der Waals surface area contributed by atoms with Crippen LogP contribution < -0.4 is 0 Å². The van der Waals surface area contributed by atoms with Crippen molar-refractivity contribution in [3.63, 3.8) is 0 Å². The van der Waals surface area contributed by atoms with Gasteiger partial charge in [0.05, 0.1) is 18.9 Å². The summed E-state index contributed by atoms with van der Waals surface area (Å²) in [5, 5.41) is 8.03. The van der Waals surface area contributed by atoms with E-state index >= 15 is 0 Å². The fourth-order valence-corrected chi connectivity index (χ4v) is 3.17. The van der Waals surface area contributed by atoms with E-state index in [1.54, 1.807) is 6.92 Å². The number of hydrogen-bond acceptors (Lipinski definition) is 6. The summed E-state index contributed by atoms with van der Waals surface area (Å²) in [5.41, 5.74) is -1.86. The van der Waals surface area contributed by atoms with Gasteiger partial charge in [-0.1, -0.05) is 0 Å². The lowest BCUT2D eigenvalue weighted by Crippen LogP contribution is -2.39. The Morgan fingerprint density at radius 2 is 1.89 bits per heavy atom. The summed E-state index contributed by atoms with van der Waals surface area (Å²) in [6.45, 7) is 1.61. The first-order chi connectivity index (χ1) is 8.37. The van der Waals surface area contributed by atoms with Crippen LogP contribution in [0.3, 0.4) is 0 Å². The van der Waals surface area contributed by atoms with Crippen LogP contribution >= 0.6 is 0 Å². The summed E-state index contributed by atoms with van der Waals surface area (Å²) < 4.78 is 4.68. The van der Waals surface area contributed by atoms with Crippen molar-refractivity contribution >= 4 is 17.8 Å². The number of esters is 1. The van der Waals surface area contributed by atoms with E-state index in [0.717, 1.165) is 4.90 Å². The van der Waals surface area contributed by atoms with E-state index in [2.05, 4.69) is 15.0 Å². The minimum atomic E-state index is -1.07. The zero-order chi connectivity index (χ0) is 13.3. The molecule has 96 valence electrons. The van der Waals surface area contributed by atoms with Crippen LogP contribution in [0.4, 0.5) is 0 Å². The molecule has 3 rings (SSSR count). The first-order valence-electron chi connectivity index (χ1n) is 5.71. The number of ether oxygens (including phenoxy) is 1. The van der Waals surface area contributed by atoms with E-state index in [4.69, 9.17) is 0 Å². The van der Waals surface area contributed by atoms with Crippen molar-refractivity contribution < 1.29 is 19.1 Å². The molecule has 18 heavy (non-hydrogen) atoms. The van der Waals surface area contributed by atoms with Gasteiger partial charge < -0.3 is 4.74 Å². The van der Waals surface area contributed by atoms with Gasteiger partial charge in [0.1, 0.15) is 5.54 Å². The Labute approximate surface area is 103 Å². The quantitative estimate of drug-likeness (QED) is 0.475. The fourth-order valence-electron chi connectivity index (χ4n) is 3.17. The number of carbonyl (C=O) groups is 3. The van der Waals surface area contributed by atoms with Gasteiger partial charge in [-0.15, -0.1) is 0 Å². The zero-order valence-corrected chi connectivity index (χ0v) is 10.3. The lowest BCUT2D eigenvalue weighted by atomic mass is 9.91. The number of rotatable bonds is 1. The number of amides is 2. The van der Waals surface area contributed by atoms with Crippen molar-refractivity contribution in [2.45, 2.75) is 24.4 Å². The molecule has 0 N–H and O–H groups in total. The molecule has 7 heteroatoms. The zero-order valence-electron chi connectivity index (χ0n) is 10.3. The van der Waals surface area contributed by atoms with Crippen molar-refractivity contribution in [2.75, 3.05) is 14.2 Å². The number of hydrogen-bond donors (Lipinski definition) is 0. The van der Waals surface area contributed by atoms with E-state index in [-0.39, 0.29) is 18.2 Å². The molecule has 0 aromatic carbocycles. The Bertz CT molecular complexity index is 492. The molecule has 3 aliphatic rings. The van der Waals surface area contributed by atoms with E-state index in [9.17, 15) is 14.4 Å². The highest BCUT2D eigenvalue weighted by molar-refractivity contribution is 6.11. The van der Waals surface area contributed by atoms with Crippen LogP contribution in [0.5, 0.6) is 0 Å². The molecule has 0 aromatic heterocycles. The summed E-state index contributed by atoms with van der Waals surface area (Å²) in [7, 11) is 2.75. The van der Waals surface area contributed by atoms with E-state index in [1.807, 2.05) is 0 Å². The Balaban J connectivity index is 1.88. The van der Waals surface area contributed by atoms with Crippen LogP contribution in [-0.4, -0.2) is 47.9 Å². The summed E-state index contributed by atoms with van der Waals surface area (Å²) >= 11 is 0. The molecular formula is C11H13N3O4. The number of fused-ring (bicyclic) bond motifs is 3. The highest BCUT2D eigenvalue weighted by Gasteiger charge is 2.81. The average molecular weight is 251 g/mol. The second-order valence-electron chi connectivity index (χ2n) is 5.32. The van der Waals surface area contributed by atoms with Gasteiger partial charge in [0.25, 0.3) is 0 Å². The lowest BCUT2D eigenvalue weighted by molar-refractivity contribution is -0.147. The van der Waals surface area contributed by atoms with E-state index in [1.165, 1.54) is 14.2 Å². The largest absolute Gasteiger partial charge is 0.467 e. The first kappa shape index (κ1) is 11.3. The normalized spacial score (nSPS) is 44.7. The van der Waals surface area contributed by atoms with Crippen LogP contribution in [0, 0.1) is 11.8 Å². The SMILES string of the molecule is COC(=O)C1(C)CC2(N=N1)C1C(=O)N(C)C(=O)C12. The first-order valence-corrected chi connectivity index (χ1v) is 5.71. The number of azo groups is 1. The topological polar surface area (TPSA) is 88.4 Å². The van der Waals surface area contributed by atoms with Crippen molar-refractivity contribution in [2.24, 2.45) is 22.1 Å². The highest BCUT2D eigenvalue weighted by atomic mass is 16.5. The minimum Gasteiger partial charge on any atom is -0.467 e. The van der Waals surface area contributed by atoms with Crippen LogP contribution in [0.2, 0.25) is 0 Å². The molecule has 1 saturated carbocycles. The molecule has 2 fully saturated rings. The number of methoxy groups -OCH3 is 1. The number of nitrogens with zero attached hydrogens (tertiary/aromatic N) is 3. The molecule has 2 aliphatic heterocycles. The molecule has 0 aromatic rings. The van der Waals surface area contributed by atoms with Crippen LogP contribution in [-0.2, 0) is 19.1 Å². The molecule has 1 spiro atoms. The average Bonchev–Trinajstić information content (AvgIpc) is 2.74. The fraction of sp³-hybridized carbons (Fsp3) is 0.727. The number of imide groups is 1. The molecule has 7 nitrogen and oxygen atoms in total. The van der Waals surface area contributed by atoms with Crippen molar-refractivity contribution in [1.29, 1.82) is 0 Å². The monoisotopic (exact) mass is 251 g/mol. The molecular weight excluding hydrogens is 238 g/mol. The van der Waals surface area contributed by atoms with Gasteiger partial charge in [0.15, 0.2) is 5.54 Å². The predicted octanol–water partition coefficient (Wildman–Crippen LogP) is -0.243. The second kappa shape index (κ2) is 2.96. The smallest absolute Gasteiger partial charge is 0.335 e. The van der Waals surface area contributed by atoms with Gasteiger partial charge in [-0.25, -0.2) is 4.79 Å². The summed E-state index contributed by atoms with van der Waals surface area (Å²) in [4.78, 5) is 36.5. The van der Waals surface area contributed by atoms with Crippen LogP contribution in [0.15, 0.2) is 10.2 Å². The Kier molecular flexibility index (Phi) is 1.86. The molecule has 3 unspecified atom stereocenters. The Morgan fingerprint density at radius 3 is 2.39 bits per heavy atom. The molecule has 1 aliphatic carbocycles. The van der Waals surface area contributed by atoms with Gasteiger partial charge >= 0.3 is 5.97 Å². The van der Waals surface area contributed by atoms with Crippen molar-refractivity contribution in [3.05, 3.63) is 0 Å². The third-order valence-electron chi connectivity index (χ3n) is 4.20. The highest BCUT2D eigenvalue weighted by Crippen LogP contribution is 2.65. The second-order valence-corrected chi connectivity index (χ2v) is 5.32. The standard InChI is InChI=1S/C11H13N3O4/c1-10(9(17)18-3)4-11(13-12-10)5-6(11)8(16)14(2)7(5)15/h5-6H,4H2,1-3H3. The van der Waals surface area contributed by atoms with Gasteiger partial charge in [0, 0.05) is 13.5 Å². The maximum absolute atomic E-state index is 11.9. The molecule has 1 saturated heterocycles. The maximum atomic E-state index is 11.9. The van der Waals surface area contributed by atoms with E-state index in [0.29, 0.717) is 0 Å². The van der Waals surface area contributed by atoms with Gasteiger partial charge in [-0.05, 0) is 6.92 Å². The molecule has 0 bridgehead atoms. The Hall–Kier alpha value is -1.79. The number of piperidine rings is 1. The van der Waals surface area contributed by atoms with Crippen molar-refractivity contribution in [1.82, 2.24) is 4.90 Å². The molecule has 2 amide bonds. The minimum absolute atomic E-state index is 0.224. The van der Waals surface area contributed by atoms with Gasteiger partial charge in [-0.2, -0.15) is 10.2 Å². The Morgan fingerprint density at radius 1 is 1.33 bits per heavy atom. The van der Waals surface area contributed by atoms with E-state index < -0.39 is 28.9 Å². The number of carbonyl (C=O) groups excluding carboxylic acids is 3. The number of likely N-dealkylation sites (tertiary alicyclic amines) is 1. The third kappa shape index (κ3) is 1.02. The molecule has 3 atom stereocenters. The van der Waals surface area contributed by atoms with Gasteiger partial charge in [0.2, 0.25) is 11.8 Å². The summed E-state index contributed by atoms with van der Waals surface area (Å²) in [6, 6.07) is 0. The third-order valence-corrected chi connectivity index (χ3v) is 4.20. The summed E-state index contributed by atoms with van der Waals surface area (Å²) in [6.07, 6.45) is 0.271. The summed E-state index contributed by atoms with van der Waals surface area (Å²) in [5.74, 6) is -1.81.